The third-order valence-corrected chi connectivity index (χ3v) is 4.53. The molecule has 0 radical (unpaired) electrons. The summed E-state index contributed by atoms with van der Waals surface area (Å²) in [4.78, 5) is -0.0719. The van der Waals surface area contributed by atoms with Crippen LogP contribution in [0.2, 0.25) is 10.0 Å². The van der Waals surface area contributed by atoms with Crippen molar-refractivity contribution in [1.82, 2.24) is 4.72 Å². The Bertz CT molecular complexity index is 534. The predicted molar refractivity (Wildman–Crippen MR) is 74.7 cm³/mol. The highest BCUT2D eigenvalue weighted by molar-refractivity contribution is 7.89. The minimum absolute atomic E-state index is 0.0560. The van der Waals surface area contributed by atoms with Gasteiger partial charge in [-0.3, -0.25) is 0 Å². The molecule has 0 aliphatic heterocycles. The second-order valence-electron chi connectivity index (χ2n) is 3.66. The average molecular weight is 328 g/mol. The first-order valence-corrected chi connectivity index (χ1v) is 7.68. The largest absolute Gasteiger partial charge is 0.495 e. The minimum atomic E-state index is -3.70. The number of rotatable bonds is 7. The lowest BCUT2D eigenvalue weighted by molar-refractivity contribution is 0.196. The number of halogens is 2. The summed E-state index contributed by atoms with van der Waals surface area (Å²) in [5.41, 5.74) is 0. The number of sulfonamides is 1. The Labute approximate surface area is 122 Å². The lowest BCUT2D eigenvalue weighted by Crippen LogP contribution is -2.25. The fraction of sp³-hybridized carbons (Fsp3) is 0.455. The Kier molecular flexibility index (Phi) is 6.35. The molecular weight excluding hydrogens is 313 g/mol. The standard InChI is InChI=1S/C11H15Cl2NO4S/c1-17-5-3-4-14-19(15,16)11-7-8(12)10(18-2)6-9(11)13/h6-7,14H,3-5H2,1-2H3. The van der Waals surface area contributed by atoms with Crippen LogP contribution < -0.4 is 9.46 Å². The molecule has 0 bridgehead atoms. The van der Waals surface area contributed by atoms with Crippen LogP contribution in [0.25, 0.3) is 0 Å². The maximum atomic E-state index is 12.0. The Morgan fingerprint density at radius 3 is 2.47 bits per heavy atom. The summed E-state index contributed by atoms with van der Waals surface area (Å²) in [6.45, 7) is 0.732. The molecule has 0 amide bonds. The highest BCUT2D eigenvalue weighted by Crippen LogP contribution is 2.33. The van der Waals surface area contributed by atoms with Gasteiger partial charge in [-0.05, 0) is 12.5 Å². The molecule has 0 unspecified atom stereocenters. The van der Waals surface area contributed by atoms with Crippen LogP contribution in [0.4, 0.5) is 0 Å². The van der Waals surface area contributed by atoms with E-state index in [0.717, 1.165) is 0 Å². The van der Waals surface area contributed by atoms with Gasteiger partial charge in [-0.15, -0.1) is 0 Å². The van der Waals surface area contributed by atoms with Crippen LogP contribution >= 0.6 is 23.2 Å². The van der Waals surface area contributed by atoms with Crippen LogP contribution in [-0.2, 0) is 14.8 Å². The fourth-order valence-corrected chi connectivity index (χ4v) is 3.29. The van der Waals surface area contributed by atoms with Crippen molar-refractivity contribution < 1.29 is 17.9 Å². The zero-order valence-corrected chi connectivity index (χ0v) is 12.9. The van der Waals surface area contributed by atoms with E-state index in [1.165, 1.54) is 19.2 Å². The second-order valence-corrected chi connectivity index (χ2v) is 6.21. The van der Waals surface area contributed by atoms with Crippen molar-refractivity contribution in [2.45, 2.75) is 11.3 Å². The Morgan fingerprint density at radius 1 is 1.21 bits per heavy atom. The lowest BCUT2D eigenvalue weighted by atomic mass is 10.3. The van der Waals surface area contributed by atoms with E-state index in [2.05, 4.69) is 4.72 Å². The summed E-state index contributed by atoms with van der Waals surface area (Å²) in [7, 11) is -0.721. The molecular formula is C11H15Cl2NO4S. The maximum absolute atomic E-state index is 12.0. The zero-order valence-electron chi connectivity index (χ0n) is 10.6. The van der Waals surface area contributed by atoms with Gasteiger partial charge in [-0.2, -0.15) is 0 Å². The van der Waals surface area contributed by atoms with E-state index in [1.807, 2.05) is 0 Å². The third-order valence-electron chi connectivity index (χ3n) is 2.31. The molecule has 108 valence electrons. The van der Waals surface area contributed by atoms with Crippen molar-refractivity contribution in [3.8, 4) is 5.75 Å². The van der Waals surface area contributed by atoms with Gasteiger partial charge in [-0.25, -0.2) is 13.1 Å². The summed E-state index contributed by atoms with van der Waals surface area (Å²) in [5, 5.41) is 0.240. The van der Waals surface area contributed by atoms with Crippen LogP contribution in [0.15, 0.2) is 17.0 Å². The number of benzene rings is 1. The molecule has 1 aromatic carbocycles. The van der Waals surface area contributed by atoms with E-state index in [4.69, 9.17) is 32.7 Å². The summed E-state index contributed by atoms with van der Waals surface area (Å²) in [6, 6.07) is 2.63. The average Bonchev–Trinajstić information content (AvgIpc) is 2.36. The maximum Gasteiger partial charge on any atom is 0.242 e. The Hall–Kier alpha value is -0.530. The Morgan fingerprint density at radius 2 is 1.89 bits per heavy atom. The molecule has 0 atom stereocenters. The number of ether oxygens (including phenoxy) is 2. The first-order valence-electron chi connectivity index (χ1n) is 5.44. The highest BCUT2D eigenvalue weighted by Gasteiger charge is 2.20. The van der Waals surface area contributed by atoms with Gasteiger partial charge in [0.15, 0.2) is 0 Å². The molecule has 0 fully saturated rings. The van der Waals surface area contributed by atoms with Crippen molar-refractivity contribution in [3.63, 3.8) is 0 Å². The number of nitrogens with one attached hydrogen (secondary N) is 1. The van der Waals surface area contributed by atoms with Gasteiger partial charge in [0.2, 0.25) is 10.0 Å². The van der Waals surface area contributed by atoms with E-state index >= 15 is 0 Å². The van der Waals surface area contributed by atoms with Gasteiger partial charge in [0, 0.05) is 26.3 Å². The predicted octanol–water partition coefficient (Wildman–Crippen LogP) is 2.32. The van der Waals surface area contributed by atoms with Gasteiger partial charge in [-0.1, -0.05) is 23.2 Å². The van der Waals surface area contributed by atoms with Crippen molar-refractivity contribution in [1.29, 1.82) is 0 Å². The van der Waals surface area contributed by atoms with Crippen LogP contribution in [0.5, 0.6) is 5.75 Å². The molecule has 1 aromatic rings. The SMILES string of the molecule is COCCCNS(=O)(=O)c1cc(Cl)c(OC)cc1Cl. The van der Waals surface area contributed by atoms with Gasteiger partial charge in [0.25, 0.3) is 0 Å². The van der Waals surface area contributed by atoms with Gasteiger partial charge < -0.3 is 9.47 Å². The molecule has 0 spiro atoms. The summed E-state index contributed by atoms with van der Waals surface area (Å²) in [5.74, 6) is 0.324. The van der Waals surface area contributed by atoms with E-state index < -0.39 is 10.0 Å². The molecule has 1 N–H and O–H groups in total. The molecule has 0 saturated carbocycles. The Balaban J connectivity index is 2.92. The van der Waals surface area contributed by atoms with Crippen LogP contribution in [-0.4, -0.2) is 35.8 Å². The monoisotopic (exact) mass is 327 g/mol. The molecule has 5 nitrogen and oxygen atoms in total. The van der Waals surface area contributed by atoms with Crippen molar-refractivity contribution in [2.75, 3.05) is 27.4 Å². The van der Waals surface area contributed by atoms with Gasteiger partial charge in [0.05, 0.1) is 17.2 Å². The van der Waals surface area contributed by atoms with E-state index in [0.29, 0.717) is 18.8 Å². The number of methoxy groups -OCH3 is 2. The molecule has 0 aliphatic carbocycles. The zero-order chi connectivity index (χ0) is 14.5. The van der Waals surface area contributed by atoms with E-state index in [9.17, 15) is 8.42 Å². The van der Waals surface area contributed by atoms with Crippen molar-refractivity contribution in [3.05, 3.63) is 22.2 Å². The van der Waals surface area contributed by atoms with Crippen molar-refractivity contribution >= 4 is 33.2 Å². The topological polar surface area (TPSA) is 64.6 Å². The number of hydrogen-bond acceptors (Lipinski definition) is 4. The van der Waals surface area contributed by atoms with Gasteiger partial charge >= 0.3 is 0 Å². The molecule has 19 heavy (non-hydrogen) atoms. The normalized spacial score (nSPS) is 11.6. The first kappa shape index (κ1) is 16.5. The quantitative estimate of drug-likeness (QED) is 0.780. The van der Waals surface area contributed by atoms with Crippen LogP contribution in [0.3, 0.4) is 0 Å². The molecule has 0 aliphatic rings. The van der Waals surface area contributed by atoms with Crippen LogP contribution in [0, 0.1) is 0 Å². The lowest BCUT2D eigenvalue weighted by Gasteiger charge is -2.10. The molecule has 0 heterocycles. The number of hydrogen-bond donors (Lipinski definition) is 1. The summed E-state index contributed by atoms with van der Waals surface area (Å²) < 4.78 is 36.3. The van der Waals surface area contributed by atoms with Crippen molar-refractivity contribution in [2.24, 2.45) is 0 Å². The second kappa shape index (κ2) is 7.31. The van der Waals surface area contributed by atoms with Gasteiger partial charge in [0.1, 0.15) is 10.6 Å². The van der Waals surface area contributed by atoms with Crippen LogP contribution in [0.1, 0.15) is 6.42 Å². The van der Waals surface area contributed by atoms with E-state index in [1.54, 1.807) is 7.11 Å². The smallest absolute Gasteiger partial charge is 0.242 e. The molecule has 1 rings (SSSR count). The molecule has 0 aromatic heterocycles. The summed E-state index contributed by atoms with van der Waals surface area (Å²) >= 11 is 11.8. The highest BCUT2D eigenvalue weighted by atomic mass is 35.5. The summed E-state index contributed by atoms with van der Waals surface area (Å²) in [6.07, 6.45) is 0.567. The third kappa shape index (κ3) is 4.50. The molecule has 0 saturated heterocycles. The first-order chi connectivity index (χ1) is 8.92. The van der Waals surface area contributed by atoms with E-state index in [-0.39, 0.29) is 21.5 Å². The molecule has 8 heteroatoms. The minimum Gasteiger partial charge on any atom is -0.495 e. The fourth-order valence-electron chi connectivity index (χ4n) is 1.37.